The lowest BCUT2D eigenvalue weighted by atomic mass is 9.95. The summed E-state index contributed by atoms with van der Waals surface area (Å²) < 4.78 is 11.8. The van der Waals surface area contributed by atoms with Crippen molar-refractivity contribution in [3.8, 4) is 0 Å². The van der Waals surface area contributed by atoms with Crippen LogP contribution in [0.15, 0.2) is 0 Å². The first-order chi connectivity index (χ1) is 9.83. The third kappa shape index (κ3) is 5.13. The first-order valence-corrected chi connectivity index (χ1v) is 8.29. The monoisotopic (exact) mass is 314 g/mol. The summed E-state index contributed by atoms with van der Waals surface area (Å²) >= 11 is 0. The van der Waals surface area contributed by atoms with Crippen molar-refractivity contribution < 1.29 is 14.3 Å². The largest absolute Gasteiger partial charge is 0.444 e. The molecule has 1 aliphatic heterocycles. The number of hydrogen-bond donors (Lipinski definition) is 1. The Hall–Kier alpha value is -0.810. The topological polar surface area (TPSA) is 64.8 Å². The number of rotatable bonds is 4. The SMILES string of the molecule is CC(C)CC1[C@H](C[C@H](C)N)OC(C)(C)N1C(=O)OC(C)(C)C. The van der Waals surface area contributed by atoms with Crippen molar-refractivity contribution in [2.75, 3.05) is 0 Å². The van der Waals surface area contributed by atoms with E-state index in [1.165, 1.54) is 0 Å². The van der Waals surface area contributed by atoms with Crippen LogP contribution in [-0.2, 0) is 9.47 Å². The van der Waals surface area contributed by atoms with Gasteiger partial charge in [0.15, 0.2) is 0 Å². The third-order valence-electron chi connectivity index (χ3n) is 3.69. The first kappa shape index (κ1) is 19.2. The molecule has 0 aromatic rings. The molecule has 22 heavy (non-hydrogen) atoms. The highest BCUT2D eigenvalue weighted by Crippen LogP contribution is 2.38. The summed E-state index contributed by atoms with van der Waals surface area (Å²) in [5.74, 6) is 0.461. The quantitative estimate of drug-likeness (QED) is 0.862. The van der Waals surface area contributed by atoms with Crippen LogP contribution in [0.4, 0.5) is 4.79 Å². The van der Waals surface area contributed by atoms with Crippen LogP contribution in [0.2, 0.25) is 0 Å². The van der Waals surface area contributed by atoms with E-state index in [1.807, 2.05) is 41.5 Å². The second kappa shape index (κ2) is 6.75. The van der Waals surface area contributed by atoms with Gasteiger partial charge in [-0.3, -0.25) is 4.90 Å². The average Bonchev–Trinajstić information content (AvgIpc) is 2.44. The van der Waals surface area contributed by atoms with Crippen molar-refractivity contribution in [2.24, 2.45) is 11.7 Å². The summed E-state index contributed by atoms with van der Waals surface area (Å²) in [6.07, 6.45) is 1.25. The van der Waals surface area contributed by atoms with E-state index in [-0.39, 0.29) is 24.3 Å². The van der Waals surface area contributed by atoms with Gasteiger partial charge in [0.2, 0.25) is 0 Å². The molecule has 0 aromatic heterocycles. The Labute approximate surface area is 135 Å². The molecule has 0 radical (unpaired) electrons. The number of ether oxygens (including phenoxy) is 2. The number of nitrogens with zero attached hydrogens (tertiary/aromatic N) is 1. The zero-order valence-electron chi connectivity index (χ0n) is 15.5. The molecule has 130 valence electrons. The molecule has 1 saturated heterocycles. The van der Waals surface area contributed by atoms with Gasteiger partial charge in [-0.05, 0) is 60.3 Å². The van der Waals surface area contributed by atoms with Crippen molar-refractivity contribution in [1.82, 2.24) is 4.90 Å². The Morgan fingerprint density at radius 2 is 1.82 bits per heavy atom. The predicted octanol–water partition coefficient (Wildman–Crippen LogP) is 3.51. The molecule has 0 saturated carbocycles. The van der Waals surface area contributed by atoms with Crippen molar-refractivity contribution in [3.63, 3.8) is 0 Å². The van der Waals surface area contributed by atoms with Crippen LogP contribution in [0.5, 0.6) is 0 Å². The van der Waals surface area contributed by atoms with E-state index in [0.29, 0.717) is 5.92 Å². The molecule has 1 amide bonds. The Morgan fingerprint density at radius 1 is 1.27 bits per heavy atom. The molecule has 0 bridgehead atoms. The summed E-state index contributed by atoms with van der Waals surface area (Å²) in [5.41, 5.74) is 4.76. The number of amides is 1. The second-order valence-corrected chi connectivity index (χ2v) is 8.36. The second-order valence-electron chi connectivity index (χ2n) is 8.36. The fourth-order valence-corrected chi connectivity index (χ4v) is 3.05. The zero-order valence-corrected chi connectivity index (χ0v) is 15.5. The lowest BCUT2D eigenvalue weighted by Crippen LogP contribution is -2.50. The molecular weight excluding hydrogens is 280 g/mol. The molecule has 1 fully saturated rings. The van der Waals surface area contributed by atoms with Crippen LogP contribution in [0.25, 0.3) is 0 Å². The van der Waals surface area contributed by atoms with E-state index >= 15 is 0 Å². The van der Waals surface area contributed by atoms with Crippen LogP contribution >= 0.6 is 0 Å². The molecule has 5 heteroatoms. The minimum Gasteiger partial charge on any atom is -0.444 e. The van der Waals surface area contributed by atoms with Gasteiger partial charge in [0, 0.05) is 6.04 Å². The lowest BCUT2D eigenvalue weighted by Gasteiger charge is -2.35. The molecule has 1 heterocycles. The highest BCUT2D eigenvalue weighted by Gasteiger charge is 2.51. The van der Waals surface area contributed by atoms with Crippen LogP contribution in [-0.4, -0.2) is 40.5 Å². The van der Waals surface area contributed by atoms with E-state index < -0.39 is 11.3 Å². The van der Waals surface area contributed by atoms with E-state index in [9.17, 15) is 4.79 Å². The van der Waals surface area contributed by atoms with Gasteiger partial charge in [0.05, 0.1) is 12.1 Å². The molecule has 1 unspecified atom stereocenters. The lowest BCUT2D eigenvalue weighted by molar-refractivity contribution is -0.0804. The summed E-state index contributed by atoms with van der Waals surface area (Å²) in [6, 6.07) is 0.0323. The molecule has 0 aliphatic carbocycles. The van der Waals surface area contributed by atoms with E-state index in [1.54, 1.807) is 4.90 Å². The molecule has 0 spiro atoms. The van der Waals surface area contributed by atoms with Gasteiger partial charge in [0.25, 0.3) is 0 Å². The molecule has 1 rings (SSSR count). The zero-order chi connectivity index (χ0) is 17.3. The van der Waals surface area contributed by atoms with E-state index in [0.717, 1.165) is 12.8 Å². The summed E-state index contributed by atoms with van der Waals surface area (Å²) in [6.45, 7) is 15.8. The minimum absolute atomic E-state index is 0.00384. The maximum atomic E-state index is 12.7. The van der Waals surface area contributed by atoms with Crippen molar-refractivity contribution in [2.45, 2.75) is 97.7 Å². The van der Waals surface area contributed by atoms with Crippen LogP contribution in [0.1, 0.15) is 68.2 Å². The van der Waals surface area contributed by atoms with Crippen LogP contribution in [0, 0.1) is 5.92 Å². The maximum absolute atomic E-state index is 12.7. The minimum atomic E-state index is -0.679. The van der Waals surface area contributed by atoms with Gasteiger partial charge in [-0.25, -0.2) is 4.79 Å². The summed E-state index contributed by atoms with van der Waals surface area (Å²) in [5, 5.41) is 0. The molecular formula is C17H34N2O3. The maximum Gasteiger partial charge on any atom is 0.412 e. The number of carbonyl (C=O) groups excluding carboxylic acids is 1. The van der Waals surface area contributed by atoms with Crippen molar-refractivity contribution in [3.05, 3.63) is 0 Å². The number of carbonyl (C=O) groups is 1. The first-order valence-electron chi connectivity index (χ1n) is 8.29. The Balaban J connectivity index is 3.04. The smallest absolute Gasteiger partial charge is 0.412 e. The van der Waals surface area contributed by atoms with Gasteiger partial charge in [-0.2, -0.15) is 0 Å². The van der Waals surface area contributed by atoms with Gasteiger partial charge < -0.3 is 15.2 Å². The number of nitrogens with two attached hydrogens (primary N) is 1. The Morgan fingerprint density at radius 3 is 2.23 bits per heavy atom. The fourth-order valence-electron chi connectivity index (χ4n) is 3.05. The number of hydrogen-bond acceptors (Lipinski definition) is 4. The molecule has 3 atom stereocenters. The van der Waals surface area contributed by atoms with Gasteiger partial charge in [-0.1, -0.05) is 13.8 Å². The van der Waals surface area contributed by atoms with Crippen molar-refractivity contribution in [1.29, 1.82) is 0 Å². The van der Waals surface area contributed by atoms with E-state index in [2.05, 4.69) is 13.8 Å². The van der Waals surface area contributed by atoms with E-state index in [4.69, 9.17) is 15.2 Å². The predicted molar refractivity (Wildman–Crippen MR) is 88.5 cm³/mol. The van der Waals surface area contributed by atoms with Crippen LogP contribution in [0.3, 0.4) is 0 Å². The molecule has 0 aromatic carbocycles. The third-order valence-corrected chi connectivity index (χ3v) is 3.69. The molecule has 1 aliphatic rings. The normalized spacial score (nSPS) is 26.4. The van der Waals surface area contributed by atoms with Crippen LogP contribution < -0.4 is 5.73 Å². The highest BCUT2D eigenvalue weighted by atomic mass is 16.6. The standard InChI is InChI=1S/C17H34N2O3/c1-11(2)9-13-14(10-12(3)18)21-17(7,8)19(13)15(20)22-16(4,5)6/h11-14H,9-10,18H2,1-8H3/t12-,13?,14-/m0/s1. The van der Waals surface area contributed by atoms with Gasteiger partial charge in [0.1, 0.15) is 11.3 Å². The molecule has 2 N–H and O–H groups in total. The molecule has 5 nitrogen and oxygen atoms in total. The Bertz CT molecular complexity index is 386. The van der Waals surface area contributed by atoms with Gasteiger partial charge >= 0.3 is 6.09 Å². The summed E-state index contributed by atoms with van der Waals surface area (Å²) in [4.78, 5) is 14.5. The van der Waals surface area contributed by atoms with Gasteiger partial charge in [-0.15, -0.1) is 0 Å². The average molecular weight is 314 g/mol. The van der Waals surface area contributed by atoms with Crippen molar-refractivity contribution >= 4 is 6.09 Å². The summed E-state index contributed by atoms with van der Waals surface area (Å²) in [7, 11) is 0. The Kier molecular flexibility index (Phi) is 5.90. The fraction of sp³-hybridized carbons (Fsp3) is 0.941. The highest BCUT2D eigenvalue weighted by molar-refractivity contribution is 5.70.